The van der Waals surface area contributed by atoms with Gasteiger partial charge in [0.15, 0.2) is 0 Å². The van der Waals surface area contributed by atoms with Crippen LogP contribution in [0.5, 0.6) is 5.75 Å². The van der Waals surface area contributed by atoms with Gasteiger partial charge >= 0.3 is 0 Å². The molecule has 106 valence electrons. The molecule has 0 bridgehead atoms. The van der Waals surface area contributed by atoms with Crippen molar-refractivity contribution in [2.75, 3.05) is 20.2 Å². The van der Waals surface area contributed by atoms with Crippen molar-refractivity contribution in [3.8, 4) is 5.75 Å². The fourth-order valence-corrected chi connectivity index (χ4v) is 4.27. The van der Waals surface area contributed by atoms with E-state index in [-0.39, 0.29) is 16.9 Å². The molecule has 1 aromatic carbocycles. The van der Waals surface area contributed by atoms with E-state index in [1.807, 2.05) is 6.92 Å². The van der Waals surface area contributed by atoms with Crippen molar-refractivity contribution in [2.24, 2.45) is 11.7 Å². The quantitative estimate of drug-likeness (QED) is 0.897. The molecule has 19 heavy (non-hydrogen) atoms. The molecule has 1 saturated heterocycles. The lowest BCUT2D eigenvalue weighted by molar-refractivity contribution is 0.401. The summed E-state index contributed by atoms with van der Waals surface area (Å²) in [5.74, 6) is 0.790. The molecule has 0 amide bonds. The molecule has 1 aliphatic rings. The number of rotatable bonds is 4. The van der Waals surface area contributed by atoms with Crippen LogP contribution in [0, 0.1) is 5.92 Å². The zero-order chi connectivity index (χ0) is 14.0. The van der Waals surface area contributed by atoms with Crippen LogP contribution in [0.1, 0.15) is 13.3 Å². The molecule has 0 aromatic heterocycles. The van der Waals surface area contributed by atoms with Gasteiger partial charge in [0.2, 0.25) is 10.0 Å². The first-order valence-electron chi connectivity index (χ1n) is 6.35. The second-order valence-corrected chi connectivity index (χ2v) is 6.83. The maximum absolute atomic E-state index is 12.6. The highest BCUT2D eigenvalue weighted by molar-refractivity contribution is 7.89. The fourth-order valence-electron chi connectivity index (χ4n) is 2.51. The lowest BCUT2D eigenvalue weighted by Gasteiger charge is -2.21. The van der Waals surface area contributed by atoms with E-state index in [4.69, 9.17) is 10.5 Å². The van der Waals surface area contributed by atoms with Crippen LogP contribution in [0.15, 0.2) is 29.2 Å². The lowest BCUT2D eigenvalue weighted by Crippen LogP contribution is -2.34. The third kappa shape index (κ3) is 2.75. The summed E-state index contributed by atoms with van der Waals surface area (Å²) in [6.07, 6.45) is 0.819. The summed E-state index contributed by atoms with van der Waals surface area (Å²) < 4.78 is 31.8. The van der Waals surface area contributed by atoms with Crippen LogP contribution in [0.3, 0.4) is 0 Å². The van der Waals surface area contributed by atoms with E-state index in [2.05, 4.69) is 0 Å². The van der Waals surface area contributed by atoms with Crippen molar-refractivity contribution in [3.05, 3.63) is 24.3 Å². The number of nitrogens with zero attached hydrogens (tertiary/aromatic N) is 1. The molecule has 1 aliphatic heterocycles. The second-order valence-electron chi connectivity index (χ2n) is 4.94. The standard InChI is InChI=1S/C13H20N2O3S/c1-10-6-11(8-14)9-15(10)19(16,17)13-5-3-4-12(7-13)18-2/h3-5,7,10-11H,6,8-9,14H2,1-2H3. The molecule has 0 aliphatic carbocycles. The molecule has 2 rings (SSSR count). The summed E-state index contributed by atoms with van der Waals surface area (Å²) in [4.78, 5) is 0.274. The number of hydrogen-bond donors (Lipinski definition) is 1. The molecule has 6 heteroatoms. The van der Waals surface area contributed by atoms with Gasteiger partial charge in [-0.1, -0.05) is 6.07 Å². The Kier molecular flexibility index (Phi) is 4.13. The lowest BCUT2D eigenvalue weighted by atomic mass is 10.1. The third-order valence-corrected chi connectivity index (χ3v) is 5.56. The fraction of sp³-hybridized carbons (Fsp3) is 0.538. The monoisotopic (exact) mass is 284 g/mol. The summed E-state index contributed by atoms with van der Waals surface area (Å²) in [7, 11) is -1.94. The zero-order valence-electron chi connectivity index (χ0n) is 11.2. The molecule has 0 spiro atoms. The molecular formula is C13H20N2O3S. The van der Waals surface area contributed by atoms with E-state index in [0.29, 0.717) is 18.8 Å². The van der Waals surface area contributed by atoms with Crippen LogP contribution in [-0.4, -0.2) is 39.0 Å². The van der Waals surface area contributed by atoms with Gasteiger partial charge in [-0.25, -0.2) is 8.42 Å². The van der Waals surface area contributed by atoms with E-state index in [1.54, 1.807) is 28.6 Å². The summed E-state index contributed by atoms with van der Waals surface area (Å²) in [5, 5.41) is 0. The van der Waals surface area contributed by atoms with Crippen molar-refractivity contribution in [1.29, 1.82) is 0 Å². The number of sulfonamides is 1. The number of benzene rings is 1. The average Bonchev–Trinajstić information content (AvgIpc) is 2.81. The SMILES string of the molecule is COc1cccc(S(=O)(=O)N2CC(CN)CC2C)c1. The number of ether oxygens (including phenoxy) is 1. The van der Waals surface area contributed by atoms with Gasteiger partial charge in [0.05, 0.1) is 12.0 Å². The van der Waals surface area contributed by atoms with Gasteiger partial charge in [0.1, 0.15) is 5.75 Å². The second kappa shape index (κ2) is 5.48. The Balaban J connectivity index is 2.32. The predicted octanol–water partition coefficient (Wildman–Crippen LogP) is 1.05. The van der Waals surface area contributed by atoms with Crippen LogP contribution in [0.4, 0.5) is 0 Å². The van der Waals surface area contributed by atoms with Crippen LogP contribution in [0.25, 0.3) is 0 Å². The van der Waals surface area contributed by atoms with Gasteiger partial charge in [-0.2, -0.15) is 4.31 Å². The molecule has 1 aromatic rings. The van der Waals surface area contributed by atoms with E-state index < -0.39 is 10.0 Å². The third-order valence-electron chi connectivity index (χ3n) is 3.59. The highest BCUT2D eigenvalue weighted by Crippen LogP contribution is 2.30. The van der Waals surface area contributed by atoms with E-state index in [0.717, 1.165) is 6.42 Å². The summed E-state index contributed by atoms with van der Waals surface area (Å²) in [6.45, 7) is 2.94. The smallest absolute Gasteiger partial charge is 0.243 e. The zero-order valence-corrected chi connectivity index (χ0v) is 12.1. The molecule has 2 atom stereocenters. The minimum Gasteiger partial charge on any atom is -0.497 e. The van der Waals surface area contributed by atoms with E-state index in [1.165, 1.54) is 7.11 Å². The molecular weight excluding hydrogens is 264 g/mol. The largest absolute Gasteiger partial charge is 0.497 e. The van der Waals surface area contributed by atoms with Crippen LogP contribution in [-0.2, 0) is 10.0 Å². The molecule has 2 unspecified atom stereocenters. The van der Waals surface area contributed by atoms with Gasteiger partial charge in [0, 0.05) is 18.7 Å². The minimum atomic E-state index is -3.47. The Labute approximate surface area is 114 Å². The maximum Gasteiger partial charge on any atom is 0.243 e. The Hall–Kier alpha value is -1.11. The first-order valence-corrected chi connectivity index (χ1v) is 7.79. The highest BCUT2D eigenvalue weighted by Gasteiger charge is 2.37. The first kappa shape index (κ1) is 14.3. The summed E-state index contributed by atoms with van der Waals surface area (Å²) >= 11 is 0. The van der Waals surface area contributed by atoms with E-state index in [9.17, 15) is 8.42 Å². The number of hydrogen-bond acceptors (Lipinski definition) is 4. The van der Waals surface area contributed by atoms with Crippen molar-refractivity contribution < 1.29 is 13.2 Å². The summed E-state index contributed by atoms with van der Waals surface area (Å²) in [6, 6.07) is 6.56. The first-order chi connectivity index (χ1) is 8.98. The van der Waals surface area contributed by atoms with Crippen molar-refractivity contribution in [1.82, 2.24) is 4.31 Å². The molecule has 0 saturated carbocycles. The highest BCUT2D eigenvalue weighted by atomic mass is 32.2. The normalized spacial score (nSPS) is 24.6. The van der Waals surface area contributed by atoms with E-state index >= 15 is 0 Å². The molecule has 5 nitrogen and oxygen atoms in total. The van der Waals surface area contributed by atoms with Crippen molar-refractivity contribution in [3.63, 3.8) is 0 Å². The van der Waals surface area contributed by atoms with Crippen LogP contribution >= 0.6 is 0 Å². The maximum atomic E-state index is 12.6. The predicted molar refractivity (Wildman–Crippen MR) is 73.5 cm³/mol. The Bertz CT molecular complexity index is 545. The van der Waals surface area contributed by atoms with Gasteiger partial charge < -0.3 is 10.5 Å². The van der Waals surface area contributed by atoms with Crippen molar-refractivity contribution >= 4 is 10.0 Å². The molecule has 1 heterocycles. The average molecular weight is 284 g/mol. The number of methoxy groups -OCH3 is 1. The molecule has 1 fully saturated rings. The van der Waals surface area contributed by atoms with Crippen molar-refractivity contribution in [2.45, 2.75) is 24.3 Å². The van der Waals surface area contributed by atoms with Gasteiger partial charge in [-0.15, -0.1) is 0 Å². The molecule has 0 radical (unpaired) electrons. The Morgan fingerprint density at radius 3 is 2.79 bits per heavy atom. The molecule has 2 N–H and O–H groups in total. The minimum absolute atomic E-state index is 0.00949. The van der Waals surface area contributed by atoms with Gasteiger partial charge in [-0.05, 0) is 37.9 Å². The van der Waals surface area contributed by atoms with Crippen LogP contribution in [0.2, 0.25) is 0 Å². The Morgan fingerprint density at radius 1 is 1.47 bits per heavy atom. The van der Waals surface area contributed by atoms with Gasteiger partial charge in [0.25, 0.3) is 0 Å². The number of nitrogens with two attached hydrogens (primary N) is 1. The summed E-state index contributed by atoms with van der Waals surface area (Å²) in [5.41, 5.74) is 5.64. The topological polar surface area (TPSA) is 72.6 Å². The Morgan fingerprint density at radius 2 is 2.21 bits per heavy atom. The van der Waals surface area contributed by atoms with Gasteiger partial charge in [-0.3, -0.25) is 0 Å². The van der Waals surface area contributed by atoms with Crippen LogP contribution < -0.4 is 10.5 Å².